The van der Waals surface area contributed by atoms with E-state index in [1.807, 2.05) is 6.07 Å². The highest BCUT2D eigenvalue weighted by atomic mass is 19.1. The Balaban J connectivity index is 2.32. The molecule has 3 rings (SSSR count). The third kappa shape index (κ3) is 2.54. The number of rotatable bonds is 1. The molecule has 1 aromatic heterocycles. The SMILES string of the molecule is Cc1cccc(F)c1C1N=C(NC#N)Nc2nc(N)c(C#N)c(N)c21. The van der Waals surface area contributed by atoms with Crippen LogP contribution in [0.2, 0.25) is 0 Å². The van der Waals surface area contributed by atoms with Crippen molar-refractivity contribution in [3.8, 4) is 12.3 Å². The first kappa shape index (κ1) is 16.0. The summed E-state index contributed by atoms with van der Waals surface area (Å²) in [4.78, 5) is 8.46. The second-order valence-electron chi connectivity index (χ2n) is 5.37. The van der Waals surface area contributed by atoms with Crippen molar-refractivity contribution in [1.82, 2.24) is 10.3 Å². The van der Waals surface area contributed by atoms with Gasteiger partial charge >= 0.3 is 0 Å². The Bertz CT molecular complexity index is 963. The topological polar surface area (TPSA) is 149 Å². The first-order chi connectivity index (χ1) is 12.0. The number of hydrogen-bond donors (Lipinski definition) is 4. The van der Waals surface area contributed by atoms with E-state index in [1.165, 1.54) is 6.07 Å². The minimum absolute atomic E-state index is 0.00596. The molecule has 1 aromatic carbocycles. The van der Waals surface area contributed by atoms with Crippen LogP contribution in [0.5, 0.6) is 0 Å². The summed E-state index contributed by atoms with van der Waals surface area (Å²) in [6, 6.07) is 5.65. The zero-order valence-corrected chi connectivity index (χ0v) is 13.1. The molecule has 6 N–H and O–H groups in total. The molecule has 1 aliphatic heterocycles. The Morgan fingerprint density at radius 1 is 1.28 bits per heavy atom. The van der Waals surface area contributed by atoms with Gasteiger partial charge < -0.3 is 16.8 Å². The van der Waals surface area contributed by atoms with E-state index in [-0.39, 0.29) is 34.4 Å². The molecule has 0 saturated heterocycles. The van der Waals surface area contributed by atoms with E-state index in [1.54, 1.807) is 25.2 Å². The van der Waals surface area contributed by atoms with Crippen molar-refractivity contribution in [2.75, 3.05) is 16.8 Å². The fourth-order valence-corrected chi connectivity index (χ4v) is 2.78. The number of nitrogens with two attached hydrogens (primary N) is 2. The van der Waals surface area contributed by atoms with Crippen molar-refractivity contribution < 1.29 is 4.39 Å². The third-order valence-electron chi connectivity index (χ3n) is 3.90. The van der Waals surface area contributed by atoms with E-state index >= 15 is 0 Å². The van der Waals surface area contributed by atoms with Crippen molar-refractivity contribution in [2.24, 2.45) is 4.99 Å². The van der Waals surface area contributed by atoms with Crippen molar-refractivity contribution in [3.63, 3.8) is 0 Å². The lowest BCUT2D eigenvalue weighted by molar-refractivity contribution is 0.597. The van der Waals surface area contributed by atoms with E-state index in [4.69, 9.17) is 16.7 Å². The van der Waals surface area contributed by atoms with Crippen molar-refractivity contribution >= 4 is 23.3 Å². The maximum atomic E-state index is 14.5. The Kier molecular flexibility index (Phi) is 3.83. The first-order valence-corrected chi connectivity index (χ1v) is 7.21. The molecule has 0 bridgehead atoms. The Labute approximate surface area is 142 Å². The standard InChI is InChI=1S/C16H13FN8/c1-7-3-2-4-9(17)10(7)13-11-12(20)8(5-18)14(21)24-15(11)25-16(23-13)22-6-19/h2-4,13H,1H3,(H6,20,21,22,23,24,25). The van der Waals surface area contributed by atoms with Crippen LogP contribution in [0.3, 0.4) is 0 Å². The third-order valence-corrected chi connectivity index (χ3v) is 3.90. The van der Waals surface area contributed by atoms with Crippen LogP contribution in [0.25, 0.3) is 0 Å². The summed E-state index contributed by atoms with van der Waals surface area (Å²) >= 11 is 0. The second kappa shape index (κ2) is 5.98. The van der Waals surface area contributed by atoms with Crippen molar-refractivity contribution in [1.29, 1.82) is 10.5 Å². The van der Waals surface area contributed by atoms with E-state index < -0.39 is 11.9 Å². The number of guanidine groups is 1. The fourth-order valence-electron chi connectivity index (χ4n) is 2.78. The number of aryl methyl sites for hydroxylation is 1. The van der Waals surface area contributed by atoms with Crippen LogP contribution < -0.4 is 22.1 Å². The van der Waals surface area contributed by atoms with Crippen LogP contribution in [0, 0.1) is 35.5 Å². The number of aromatic nitrogens is 1. The minimum atomic E-state index is -0.881. The number of fused-ring (bicyclic) bond motifs is 1. The van der Waals surface area contributed by atoms with Crippen LogP contribution in [0.4, 0.5) is 21.7 Å². The maximum Gasteiger partial charge on any atom is 0.211 e. The highest BCUT2D eigenvalue weighted by Crippen LogP contribution is 2.41. The molecular formula is C16H13FN8. The number of hydrogen-bond acceptors (Lipinski definition) is 8. The predicted molar refractivity (Wildman–Crippen MR) is 90.6 cm³/mol. The van der Waals surface area contributed by atoms with Crippen LogP contribution in [-0.4, -0.2) is 10.9 Å². The molecule has 2 aromatic rings. The van der Waals surface area contributed by atoms with Gasteiger partial charge in [-0.2, -0.15) is 10.5 Å². The summed E-state index contributed by atoms with van der Waals surface area (Å²) in [6.45, 7) is 1.74. The lowest BCUT2D eigenvalue weighted by Gasteiger charge is -2.27. The fraction of sp³-hybridized carbons (Fsp3) is 0.125. The zero-order chi connectivity index (χ0) is 18.1. The molecule has 0 aliphatic carbocycles. The molecule has 1 unspecified atom stereocenters. The summed E-state index contributed by atoms with van der Waals surface area (Å²) in [5.41, 5.74) is 13.2. The summed E-state index contributed by atoms with van der Waals surface area (Å²) < 4.78 is 14.5. The number of nitriles is 2. The summed E-state index contributed by atoms with van der Waals surface area (Å²) in [6.07, 6.45) is 1.74. The number of pyridine rings is 1. The normalized spacial score (nSPS) is 15.2. The number of nitrogens with one attached hydrogen (secondary N) is 2. The number of aliphatic imine (C=N–C) groups is 1. The Morgan fingerprint density at radius 2 is 2.04 bits per heavy atom. The molecular weight excluding hydrogens is 323 g/mol. The molecule has 0 amide bonds. The predicted octanol–water partition coefficient (Wildman–Crippen LogP) is 1.51. The lowest BCUT2D eigenvalue weighted by atomic mass is 9.92. The molecule has 124 valence electrons. The molecule has 1 aliphatic rings. The monoisotopic (exact) mass is 336 g/mol. The van der Waals surface area contributed by atoms with Gasteiger partial charge in [-0.15, -0.1) is 0 Å². The quantitative estimate of drug-likeness (QED) is 0.455. The summed E-state index contributed by atoms with van der Waals surface area (Å²) in [5.74, 6) is -0.242. The van der Waals surface area contributed by atoms with Crippen molar-refractivity contribution in [3.05, 3.63) is 46.3 Å². The molecule has 0 saturated carbocycles. The largest absolute Gasteiger partial charge is 0.397 e. The van der Waals surface area contributed by atoms with E-state index in [2.05, 4.69) is 20.6 Å². The molecule has 2 heterocycles. The number of nitrogens with zero attached hydrogens (tertiary/aromatic N) is 4. The molecule has 0 fully saturated rings. The van der Waals surface area contributed by atoms with E-state index in [0.717, 1.165) is 0 Å². The average molecular weight is 336 g/mol. The maximum absolute atomic E-state index is 14.5. The highest BCUT2D eigenvalue weighted by Gasteiger charge is 2.31. The molecule has 25 heavy (non-hydrogen) atoms. The second-order valence-corrected chi connectivity index (χ2v) is 5.37. The number of nitrogen functional groups attached to an aromatic ring is 2. The van der Waals surface area contributed by atoms with Gasteiger partial charge in [-0.05, 0) is 18.6 Å². The summed E-state index contributed by atoms with van der Waals surface area (Å²) in [7, 11) is 0. The average Bonchev–Trinajstić information content (AvgIpc) is 2.54. The van der Waals surface area contributed by atoms with E-state index in [9.17, 15) is 9.65 Å². The zero-order valence-electron chi connectivity index (χ0n) is 13.1. The van der Waals surface area contributed by atoms with Crippen molar-refractivity contribution in [2.45, 2.75) is 13.0 Å². The van der Waals surface area contributed by atoms with Gasteiger partial charge in [-0.25, -0.2) is 14.4 Å². The molecule has 8 nitrogen and oxygen atoms in total. The molecule has 0 radical (unpaired) electrons. The Hall–Kier alpha value is -3.85. The smallest absolute Gasteiger partial charge is 0.211 e. The first-order valence-electron chi connectivity index (χ1n) is 7.21. The number of anilines is 3. The van der Waals surface area contributed by atoms with Crippen LogP contribution in [-0.2, 0) is 0 Å². The van der Waals surface area contributed by atoms with Gasteiger partial charge in [-0.3, -0.25) is 5.32 Å². The van der Waals surface area contributed by atoms with Crippen LogP contribution in [0.15, 0.2) is 23.2 Å². The van der Waals surface area contributed by atoms with Crippen LogP contribution in [0.1, 0.15) is 28.3 Å². The van der Waals surface area contributed by atoms with Gasteiger partial charge in [0.2, 0.25) is 5.96 Å². The van der Waals surface area contributed by atoms with Gasteiger partial charge in [0.25, 0.3) is 0 Å². The van der Waals surface area contributed by atoms with E-state index in [0.29, 0.717) is 11.1 Å². The molecule has 1 atom stereocenters. The number of benzene rings is 1. The molecule has 9 heteroatoms. The molecule has 0 spiro atoms. The van der Waals surface area contributed by atoms with Crippen LogP contribution >= 0.6 is 0 Å². The van der Waals surface area contributed by atoms with Gasteiger partial charge in [0.05, 0.1) is 5.69 Å². The van der Waals surface area contributed by atoms with Gasteiger partial charge in [0, 0.05) is 11.1 Å². The number of halogens is 1. The van der Waals surface area contributed by atoms with Gasteiger partial charge in [-0.1, -0.05) is 12.1 Å². The summed E-state index contributed by atoms with van der Waals surface area (Å²) in [5, 5.41) is 23.3. The Morgan fingerprint density at radius 3 is 2.68 bits per heavy atom. The highest BCUT2D eigenvalue weighted by molar-refractivity contribution is 5.98. The lowest BCUT2D eigenvalue weighted by Crippen LogP contribution is -2.33. The van der Waals surface area contributed by atoms with Gasteiger partial charge in [0.1, 0.15) is 35.1 Å². The van der Waals surface area contributed by atoms with Gasteiger partial charge in [0.15, 0.2) is 6.19 Å². The minimum Gasteiger partial charge on any atom is -0.397 e.